The van der Waals surface area contributed by atoms with Gasteiger partial charge < -0.3 is 19.7 Å². The van der Waals surface area contributed by atoms with Crippen molar-refractivity contribution in [3.8, 4) is 5.75 Å². The molecule has 0 saturated carbocycles. The molecule has 1 unspecified atom stereocenters. The Morgan fingerprint density at radius 2 is 2.28 bits per heavy atom. The summed E-state index contributed by atoms with van der Waals surface area (Å²) in [6.07, 6.45) is 5.61. The largest absolute Gasteiger partial charge is 0.489 e. The first-order chi connectivity index (χ1) is 13.7. The van der Waals surface area contributed by atoms with E-state index < -0.39 is 0 Å². The number of benzene rings is 1. The van der Waals surface area contributed by atoms with E-state index in [1.807, 2.05) is 43.7 Å². The topological polar surface area (TPSA) is 63.9 Å². The van der Waals surface area contributed by atoms with Gasteiger partial charge in [-0.1, -0.05) is 30.9 Å². The molecule has 1 atom stereocenters. The molecule has 7 nitrogen and oxygen atoms in total. The molecule has 1 fully saturated rings. The number of hydrogen-bond acceptors (Lipinski definition) is 4. The SMILES string of the molecule is C=CCOc1ccccc1CN=C(NCC)N1CCOC(c2cnn(C)c2)C1.I. The first-order valence-electron chi connectivity index (χ1n) is 9.66. The van der Waals surface area contributed by atoms with Gasteiger partial charge in [-0.15, -0.1) is 24.0 Å². The molecule has 1 aromatic carbocycles. The van der Waals surface area contributed by atoms with Crippen molar-refractivity contribution in [1.82, 2.24) is 20.0 Å². The minimum Gasteiger partial charge on any atom is -0.489 e. The number of nitrogens with zero attached hydrogens (tertiary/aromatic N) is 4. The third-order valence-corrected chi connectivity index (χ3v) is 4.53. The Labute approximate surface area is 189 Å². The lowest BCUT2D eigenvalue weighted by Gasteiger charge is -2.34. The van der Waals surface area contributed by atoms with Crippen LogP contribution in [0.4, 0.5) is 0 Å². The summed E-state index contributed by atoms with van der Waals surface area (Å²) in [6, 6.07) is 7.99. The minimum absolute atomic E-state index is 0. The van der Waals surface area contributed by atoms with Gasteiger partial charge in [-0.25, -0.2) is 4.99 Å². The molecule has 158 valence electrons. The van der Waals surface area contributed by atoms with Crippen molar-refractivity contribution < 1.29 is 9.47 Å². The molecule has 2 heterocycles. The average molecular weight is 511 g/mol. The highest BCUT2D eigenvalue weighted by Gasteiger charge is 2.25. The number of aliphatic imine (C=N–C) groups is 1. The predicted molar refractivity (Wildman–Crippen MR) is 126 cm³/mol. The highest BCUT2D eigenvalue weighted by Crippen LogP contribution is 2.22. The van der Waals surface area contributed by atoms with Crippen LogP contribution in [0.2, 0.25) is 0 Å². The lowest BCUT2D eigenvalue weighted by molar-refractivity contribution is -0.00805. The van der Waals surface area contributed by atoms with Crippen LogP contribution in [0.3, 0.4) is 0 Å². The number of halogens is 1. The van der Waals surface area contributed by atoms with Crippen molar-refractivity contribution >= 4 is 29.9 Å². The molecule has 0 amide bonds. The van der Waals surface area contributed by atoms with E-state index in [9.17, 15) is 0 Å². The van der Waals surface area contributed by atoms with E-state index >= 15 is 0 Å². The predicted octanol–water partition coefficient (Wildman–Crippen LogP) is 3.14. The summed E-state index contributed by atoms with van der Waals surface area (Å²) in [4.78, 5) is 7.11. The highest BCUT2D eigenvalue weighted by atomic mass is 127. The molecule has 1 aliphatic heterocycles. The maximum absolute atomic E-state index is 5.95. The smallest absolute Gasteiger partial charge is 0.194 e. The average Bonchev–Trinajstić information content (AvgIpc) is 3.16. The number of nitrogens with one attached hydrogen (secondary N) is 1. The van der Waals surface area contributed by atoms with E-state index in [0.717, 1.165) is 42.5 Å². The van der Waals surface area contributed by atoms with Crippen LogP contribution in [0.15, 0.2) is 54.3 Å². The van der Waals surface area contributed by atoms with Crippen molar-refractivity contribution in [2.24, 2.45) is 12.0 Å². The molecule has 0 radical (unpaired) electrons. The Kier molecular flexibility index (Phi) is 9.46. The maximum Gasteiger partial charge on any atom is 0.194 e. The number of rotatable bonds is 7. The number of ether oxygens (including phenoxy) is 2. The third-order valence-electron chi connectivity index (χ3n) is 4.53. The quantitative estimate of drug-likeness (QED) is 0.268. The fourth-order valence-electron chi connectivity index (χ4n) is 3.16. The van der Waals surface area contributed by atoms with E-state index in [1.165, 1.54) is 0 Å². The molecule has 1 saturated heterocycles. The van der Waals surface area contributed by atoms with Crippen LogP contribution < -0.4 is 10.1 Å². The second-order valence-corrected chi connectivity index (χ2v) is 6.63. The summed E-state index contributed by atoms with van der Waals surface area (Å²) in [5, 5.41) is 7.66. The molecule has 0 bridgehead atoms. The maximum atomic E-state index is 5.95. The number of para-hydroxylation sites is 1. The summed E-state index contributed by atoms with van der Waals surface area (Å²) in [5.41, 5.74) is 2.14. The second-order valence-electron chi connectivity index (χ2n) is 6.63. The summed E-state index contributed by atoms with van der Waals surface area (Å²) >= 11 is 0. The Hall–Kier alpha value is -2.07. The molecule has 1 N–H and O–H groups in total. The van der Waals surface area contributed by atoms with Gasteiger partial charge in [-0.05, 0) is 13.0 Å². The van der Waals surface area contributed by atoms with Crippen molar-refractivity contribution in [2.45, 2.75) is 19.6 Å². The van der Waals surface area contributed by atoms with Crippen LogP contribution in [0.25, 0.3) is 0 Å². The summed E-state index contributed by atoms with van der Waals surface area (Å²) in [7, 11) is 1.92. The summed E-state index contributed by atoms with van der Waals surface area (Å²) in [6.45, 7) is 9.83. The van der Waals surface area contributed by atoms with Gasteiger partial charge in [0.25, 0.3) is 0 Å². The van der Waals surface area contributed by atoms with Crippen LogP contribution in [0.5, 0.6) is 5.75 Å². The Balaban J connectivity index is 0.00000300. The van der Waals surface area contributed by atoms with Gasteiger partial charge in [0, 0.05) is 37.5 Å². The summed E-state index contributed by atoms with van der Waals surface area (Å²) in [5.74, 6) is 1.73. The molecule has 2 aromatic rings. The van der Waals surface area contributed by atoms with Crippen molar-refractivity contribution in [1.29, 1.82) is 0 Å². The molecular formula is C21H30IN5O2. The van der Waals surface area contributed by atoms with Gasteiger partial charge in [-0.2, -0.15) is 5.10 Å². The van der Waals surface area contributed by atoms with Gasteiger partial charge in [0.1, 0.15) is 18.5 Å². The second kappa shape index (κ2) is 11.8. The molecule has 29 heavy (non-hydrogen) atoms. The fourth-order valence-corrected chi connectivity index (χ4v) is 3.16. The number of hydrogen-bond donors (Lipinski definition) is 1. The van der Waals surface area contributed by atoms with E-state index in [0.29, 0.717) is 19.8 Å². The van der Waals surface area contributed by atoms with Crippen LogP contribution in [0, 0.1) is 0 Å². The standard InChI is InChI=1S/C21H29N5O2.HI/c1-4-11-27-19-9-7-6-8-17(19)13-23-21(22-5-2)26-10-12-28-20(16-26)18-14-24-25(3)15-18;/h4,6-9,14-15,20H,1,5,10-13,16H2,2-3H3,(H,22,23);1H. The van der Waals surface area contributed by atoms with Crippen LogP contribution >= 0.6 is 24.0 Å². The number of aryl methyl sites for hydroxylation is 1. The molecule has 8 heteroatoms. The van der Waals surface area contributed by atoms with E-state index in [-0.39, 0.29) is 30.1 Å². The normalized spacial score (nSPS) is 16.8. The monoisotopic (exact) mass is 511 g/mol. The number of morpholine rings is 1. The highest BCUT2D eigenvalue weighted by molar-refractivity contribution is 14.0. The van der Waals surface area contributed by atoms with Gasteiger partial charge >= 0.3 is 0 Å². The number of guanidine groups is 1. The van der Waals surface area contributed by atoms with Gasteiger partial charge in [0.05, 0.1) is 25.9 Å². The molecule has 0 aliphatic carbocycles. The lowest BCUT2D eigenvalue weighted by Crippen LogP contribution is -2.48. The van der Waals surface area contributed by atoms with Gasteiger partial charge in [0.2, 0.25) is 0 Å². The Morgan fingerprint density at radius 3 is 3.00 bits per heavy atom. The molecule has 1 aromatic heterocycles. The van der Waals surface area contributed by atoms with Crippen LogP contribution in [0.1, 0.15) is 24.2 Å². The van der Waals surface area contributed by atoms with Crippen molar-refractivity contribution in [3.05, 3.63) is 60.4 Å². The lowest BCUT2D eigenvalue weighted by atomic mass is 10.1. The van der Waals surface area contributed by atoms with E-state index in [4.69, 9.17) is 14.5 Å². The van der Waals surface area contributed by atoms with Crippen molar-refractivity contribution in [2.75, 3.05) is 32.8 Å². The first kappa shape index (κ1) is 23.2. The van der Waals surface area contributed by atoms with Gasteiger partial charge in [0.15, 0.2) is 5.96 Å². The van der Waals surface area contributed by atoms with Crippen LogP contribution in [-0.4, -0.2) is 53.5 Å². The summed E-state index contributed by atoms with van der Waals surface area (Å²) < 4.78 is 13.5. The Bertz CT molecular complexity index is 808. The van der Waals surface area contributed by atoms with Crippen LogP contribution in [-0.2, 0) is 18.3 Å². The zero-order valence-electron chi connectivity index (χ0n) is 17.1. The third kappa shape index (κ3) is 6.46. The van der Waals surface area contributed by atoms with Crippen molar-refractivity contribution in [3.63, 3.8) is 0 Å². The molecule has 3 rings (SSSR count). The Morgan fingerprint density at radius 1 is 1.45 bits per heavy atom. The van der Waals surface area contributed by atoms with E-state index in [2.05, 4.69) is 28.8 Å². The zero-order valence-corrected chi connectivity index (χ0v) is 19.4. The zero-order chi connectivity index (χ0) is 19.8. The van der Waals surface area contributed by atoms with E-state index in [1.54, 1.807) is 10.8 Å². The minimum atomic E-state index is -0.00508. The first-order valence-corrected chi connectivity index (χ1v) is 9.66. The number of aromatic nitrogens is 2. The molecule has 1 aliphatic rings. The van der Waals surface area contributed by atoms with Gasteiger partial charge in [-0.3, -0.25) is 4.68 Å². The fraction of sp³-hybridized carbons (Fsp3) is 0.429. The molecular weight excluding hydrogens is 481 g/mol. The molecule has 0 spiro atoms.